The van der Waals surface area contributed by atoms with Crippen LogP contribution in [0.4, 0.5) is 5.82 Å². The van der Waals surface area contributed by atoms with Crippen molar-refractivity contribution in [3.05, 3.63) is 12.4 Å². The largest absolute Gasteiger partial charge is 0.481 e. The van der Waals surface area contributed by atoms with Gasteiger partial charge in [0.2, 0.25) is 5.88 Å². The van der Waals surface area contributed by atoms with Crippen molar-refractivity contribution in [2.45, 2.75) is 46.3 Å². The standard InChI is InChI=1S/C13H21N3O3/c1-5-16(10(4)6-13(17)18)11-7-12(15-8-14-11)19-9(2)3/h7-10H,5-6H2,1-4H3,(H,17,18). The van der Waals surface area contributed by atoms with Crippen LogP contribution in [0.25, 0.3) is 0 Å². The summed E-state index contributed by atoms with van der Waals surface area (Å²) in [5.74, 6) is 0.363. The Morgan fingerprint density at radius 3 is 2.63 bits per heavy atom. The van der Waals surface area contributed by atoms with Gasteiger partial charge >= 0.3 is 5.97 Å². The van der Waals surface area contributed by atoms with Crippen molar-refractivity contribution >= 4 is 11.8 Å². The van der Waals surface area contributed by atoms with E-state index in [0.29, 0.717) is 18.2 Å². The fourth-order valence-corrected chi connectivity index (χ4v) is 1.86. The molecule has 1 N–H and O–H groups in total. The second kappa shape index (κ2) is 6.92. The van der Waals surface area contributed by atoms with Gasteiger partial charge in [0.25, 0.3) is 0 Å². The lowest BCUT2D eigenvalue weighted by Gasteiger charge is -2.28. The minimum Gasteiger partial charge on any atom is -0.481 e. The maximum atomic E-state index is 10.8. The molecule has 0 saturated heterocycles. The van der Waals surface area contributed by atoms with Gasteiger partial charge in [-0.2, -0.15) is 0 Å². The molecule has 6 nitrogen and oxygen atoms in total. The Morgan fingerprint density at radius 1 is 1.42 bits per heavy atom. The van der Waals surface area contributed by atoms with Crippen LogP contribution in [-0.2, 0) is 4.79 Å². The average Bonchev–Trinajstić information content (AvgIpc) is 2.28. The van der Waals surface area contributed by atoms with Crippen molar-refractivity contribution in [3.8, 4) is 5.88 Å². The molecule has 19 heavy (non-hydrogen) atoms. The van der Waals surface area contributed by atoms with Crippen LogP contribution >= 0.6 is 0 Å². The van der Waals surface area contributed by atoms with Crippen LogP contribution < -0.4 is 9.64 Å². The van der Waals surface area contributed by atoms with Crippen LogP contribution in [0, 0.1) is 0 Å². The molecule has 1 unspecified atom stereocenters. The lowest BCUT2D eigenvalue weighted by Crippen LogP contribution is -2.35. The van der Waals surface area contributed by atoms with E-state index in [1.54, 1.807) is 6.07 Å². The van der Waals surface area contributed by atoms with Crippen LogP contribution in [0.15, 0.2) is 12.4 Å². The van der Waals surface area contributed by atoms with Crippen LogP contribution in [-0.4, -0.2) is 39.7 Å². The quantitative estimate of drug-likeness (QED) is 0.813. The lowest BCUT2D eigenvalue weighted by molar-refractivity contribution is -0.137. The molecule has 0 aliphatic carbocycles. The van der Waals surface area contributed by atoms with Gasteiger partial charge in [-0.15, -0.1) is 0 Å². The third kappa shape index (κ3) is 4.73. The molecule has 106 valence electrons. The Bertz CT molecular complexity index is 423. The molecule has 1 rings (SSSR count). The van der Waals surface area contributed by atoms with Crippen molar-refractivity contribution < 1.29 is 14.6 Å². The highest BCUT2D eigenvalue weighted by atomic mass is 16.5. The van der Waals surface area contributed by atoms with Crippen LogP contribution in [0.2, 0.25) is 0 Å². The van der Waals surface area contributed by atoms with Gasteiger partial charge in [0.15, 0.2) is 0 Å². The van der Waals surface area contributed by atoms with E-state index in [0.717, 1.165) is 0 Å². The first-order valence-electron chi connectivity index (χ1n) is 6.41. The number of ether oxygens (including phenoxy) is 1. The van der Waals surface area contributed by atoms with Gasteiger partial charge < -0.3 is 14.7 Å². The zero-order chi connectivity index (χ0) is 14.4. The molecule has 1 atom stereocenters. The molecule has 0 radical (unpaired) electrons. The first kappa shape index (κ1) is 15.2. The molecule has 0 fully saturated rings. The van der Waals surface area contributed by atoms with Crippen LogP contribution in [0.5, 0.6) is 5.88 Å². The fourth-order valence-electron chi connectivity index (χ4n) is 1.86. The van der Waals surface area contributed by atoms with Gasteiger partial charge in [-0.25, -0.2) is 9.97 Å². The van der Waals surface area contributed by atoms with E-state index in [9.17, 15) is 4.79 Å². The molecular formula is C13H21N3O3. The number of carbonyl (C=O) groups is 1. The SMILES string of the molecule is CCN(c1cc(OC(C)C)ncn1)C(C)CC(=O)O. The monoisotopic (exact) mass is 267 g/mol. The van der Waals surface area contributed by atoms with Crippen LogP contribution in [0.3, 0.4) is 0 Å². The number of anilines is 1. The highest BCUT2D eigenvalue weighted by molar-refractivity contribution is 5.68. The highest BCUT2D eigenvalue weighted by Crippen LogP contribution is 2.19. The van der Waals surface area contributed by atoms with Gasteiger partial charge in [0, 0.05) is 18.7 Å². The summed E-state index contributed by atoms with van der Waals surface area (Å²) in [6, 6.07) is 1.60. The van der Waals surface area contributed by atoms with Gasteiger partial charge in [0.05, 0.1) is 12.5 Å². The van der Waals surface area contributed by atoms with E-state index >= 15 is 0 Å². The summed E-state index contributed by atoms with van der Waals surface area (Å²) in [7, 11) is 0. The molecule has 0 bridgehead atoms. The summed E-state index contributed by atoms with van der Waals surface area (Å²) in [5, 5.41) is 8.86. The first-order chi connectivity index (χ1) is 8.93. The Labute approximate surface area is 113 Å². The van der Waals surface area contributed by atoms with Gasteiger partial charge in [-0.3, -0.25) is 4.79 Å². The van der Waals surface area contributed by atoms with Gasteiger partial charge in [0.1, 0.15) is 12.1 Å². The summed E-state index contributed by atoms with van der Waals surface area (Å²) >= 11 is 0. The maximum absolute atomic E-state index is 10.8. The van der Waals surface area contributed by atoms with Crippen LogP contribution in [0.1, 0.15) is 34.1 Å². The number of hydrogen-bond donors (Lipinski definition) is 1. The predicted octanol–water partition coefficient (Wildman–Crippen LogP) is 1.95. The second-order valence-electron chi connectivity index (χ2n) is 4.61. The molecule has 1 aromatic heterocycles. The minimum absolute atomic E-state index is 0.0364. The summed E-state index contributed by atoms with van der Waals surface area (Å²) in [6.45, 7) is 8.34. The topological polar surface area (TPSA) is 75.5 Å². The van der Waals surface area contributed by atoms with Crippen molar-refractivity contribution in [3.63, 3.8) is 0 Å². The zero-order valence-electron chi connectivity index (χ0n) is 11.8. The number of aromatic nitrogens is 2. The average molecular weight is 267 g/mol. The number of aliphatic carboxylic acids is 1. The molecule has 0 aliphatic rings. The Balaban J connectivity index is 2.88. The molecule has 0 aromatic carbocycles. The summed E-state index contributed by atoms with van der Waals surface area (Å²) in [5.41, 5.74) is 0. The summed E-state index contributed by atoms with van der Waals surface area (Å²) in [6.07, 6.45) is 1.54. The van der Waals surface area contributed by atoms with E-state index in [1.807, 2.05) is 32.6 Å². The second-order valence-corrected chi connectivity index (χ2v) is 4.61. The van der Waals surface area contributed by atoms with Crippen molar-refractivity contribution in [2.24, 2.45) is 0 Å². The zero-order valence-corrected chi connectivity index (χ0v) is 11.8. The van der Waals surface area contributed by atoms with Gasteiger partial charge in [-0.05, 0) is 27.7 Å². The van der Waals surface area contributed by atoms with Gasteiger partial charge in [-0.1, -0.05) is 0 Å². The number of carboxylic acids is 1. The number of nitrogens with zero attached hydrogens (tertiary/aromatic N) is 3. The van der Waals surface area contributed by atoms with E-state index in [4.69, 9.17) is 9.84 Å². The fraction of sp³-hybridized carbons (Fsp3) is 0.615. The van der Waals surface area contributed by atoms with E-state index in [-0.39, 0.29) is 18.6 Å². The molecule has 1 aromatic rings. The summed E-state index contributed by atoms with van der Waals surface area (Å²) < 4.78 is 5.52. The molecule has 1 heterocycles. The number of carboxylic acid groups (broad SMARTS) is 1. The lowest BCUT2D eigenvalue weighted by atomic mass is 10.2. The molecular weight excluding hydrogens is 246 g/mol. The van der Waals surface area contributed by atoms with E-state index in [2.05, 4.69) is 9.97 Å². The molecule has 6 heteroatoms. The Morgan fingerprint density at radius 2 is 2.11 bits per heavy atom. The molecule has 0 saturated carbocycles. The third-order valence-electron chi connectivity index (χ3n) is 2.62. The predicted molar refractivity (Wildman–Crippen MR) is 72.5 cm³/mol. The Hall–Kier alpha value is -1.85. The van der Waals surface area contributed by atoms with Crippen molar-refractivity contribution in [1.82, 2.24) is 9.97 Å². The van der Waals surface area contributed by atoms with Crippen molar-refractivity contribution in [1.29, 1.82) is 0 Å². The van der Waals surface area contributed by atoms with E-state index < -0.39 is 5.97 Å². The Kier molecular flexibility index (Phi) is 5.54. The molecule has 0 spiro atoms. The first-order valence-corrected chi connectivity index (χ1v) is 6.41. The maximum Gasteiger partial charge on any atom is 0.305 e. The molecule has 0 amide bonds. The minimum atomic E-state index is -0.821. The van der Waals surface area contributed by atoms with E-state index in [1.165, 1.54) is 6.33 Å². The summed E-state index contributed by atoms with van der Waals surface area (Å²) in [4.78, 5) is 20.9. The number of hydrogen-bond acceptors (Lipinski definition) is 5. The number of rotatable bonds is 7. The van der Waals surface area contributed by atoms with Crippen molar-refractivity contribution in [2.75, 3.05) is 11.4 Å². The smallest absolute Gasteiger partial charge is 0.305 e. The normalized spacial score (nSPS) is 12.3. The highest BCUT2D eigenvalue weighted by Gasteiger charge is 2.17. The third-order valence-corrected chi connectivity index (χ3v) is 2.62. The molecule has 0 aliphatic heterocycles.